The number of benzene rings is 2. The molecule has 30 heavy (non-hydrogen) atoms. The van der Waals surface area contributed by atoms with Crippen LogP contribution in [0.2, 0.25) is 0 Å². The summed E-state index contributed by atoms with van der Waals surface area (Å²) in [7, 11) is -3.48. The number of sulfonamides is 1. The van der Waals surface area contributed by atoms with E-state index in [4.69, 9.17) is 0 Å². The number of nitrogens with zero attached hydrogens (tertiary/aromatic N) is 1. The van der Waals surface area contributed by atoms with Crippen molar-refractivity contribution in [3.8, 4) is 0 Å². The van der Waals surface area contributed by atoms with Crippen LogP contribution >= 0.6 is 0 Å². The smallest absolute Gasteiger partial charge is 0.282 e. The third kappa shape index (κ3) is 4.91. The molecule has 0 radical (unpaired) electrons. The van der Waals surface area contributed by atoms with Crippen LogP contribution < -0.4 is 10.2 Å². The Labute approximate surface area is 179 Å². The van der Waals surface area contributed by atoms with Gasteiger partial charge in [0.05, 0.1) is 31.1 Å². The Morgan fingerprint density at radius 3 is 2.27 bits per heavy atom. The highest BCUT2D eigenvalue weighted by Crippen LogP contribution is 2.26. The van der Waals surface area contributed by atoms with E-state index in [-0.39, 0.29) is 11.9 Å². The summed E-state index contributed by atoms with van der Waals surface area (Å²) in [6.07, 6.45) is 1.01. The number of piperazine rings is 1. The number of hydrogen-bond donors (Lipinski definition) is 2. The Bertz CT molecular complexity index is 955. The fourth-order valence-electron chi connectivity index (χ4n) is 3.88. The van der Waals surface area contributed by atoms with Crippen molar-refractivity contribution < 1.29 is 18.1 Å². The first kappa shape index (κ1) is 22.5. The SMILES string of the molecule is CC[C@H](C)c1ccccc1NC(=O)[C@@H](C)[NH+]1CCN(S(=O)(=O)c2ccccc2)CC1. The van der Waals surface area contributed by atoms with E-state index < -0.39 is 10.0 Å². The van der Waals surface area contributed by atoms with Crippen molar-refractivity contribution in [2.45, 2.75) is 44.0 Å². The largest absolute Gasteiger partial charge is 0.323 e. The fourth-order valence-corrected chi connectivity index (χ4v) is 5.34. The van der Waals surface area contributed by atoms with Crippen LogP contribution in [0.15, 0.2) is 59.5 Å². The molecule has 2 atom stereocenters. The van der Waals surface area contributed by atoms with Crippen molar-refractivity contribution in [2.24, 2.45) is 0 Å². The van der Waals surface area contributed by atoms with Crippen LogP contribution in [0.5, 0.6) is 0 Å². The summed E-state index contributed by atoms with van der Waals surface area (Å²) in [4.78, 5) is 14.3. The number of quaternary nitrogens is 1. The monoisotopic (exact) mass is 430 g/mol. The molecule has 3 rings (SSSR count). The second-order valence-corrected chi connectivity index (χ2v) is 9.92. The highest BCUT2D eigenvalue weighted by Gasteiger charge is 2.34. The second kappa shape index (κ2) is 9.73. The summed E-state index contributed by atoms with van der Waals surface area (Å²) in [5.41, 5.74) is 2.02. The van der Waals surface area contributed by atoms with E-state index in [1.807, 2.05) is 25.1 Å². The molecule has 0 unspecified atom stereocenters. The van der Waals surface area contributed by atoms with E-state index in [1.165, 1.54) is 4.31 Å². The van der Waals surface area contributed by atoms with Crippen molar-refractivity contribution >= 4 is 21.6 Å². The number of carbonyl (C=O) groups excluding carboxylic acids is 1. The average Bonchev–Trinajstić information content (AvgIpc) is 2.79. The molecule has 1 saturated heterocycles. The van der Waals surface area contributed by atoms with E-state index in [0.717, 1.165) is 22.6 Å². The lowest BCUT2D eigenvalue weighted by Crippen LogP contribution is -3.19. The first-order valence-corrected chi connectivity index (χ1v) is 12.1. The van der Waals surface area contributed by atoms with Gasteiger partial charge in [0.1, 0.15) is 0 Å². The van der Waals surface area contributed by atoms with Gasteiger partial charge in [-0.05, 0) is 43.0 Å². The molecule has 0 bridgehead atoms. The molecule has 2 aromatic rings. The standard InChI is InChI=1S/C23H31N3O3S/c1-4-18(2)21-12-8-9-13-22(21)24-23(27)19(3)25-14-16-26(17-15-25)30(28,29)20-10-6-5-7-11-20/h5-13,18-19H,4,14-17H2,1-3H3,(H,24,27)/p+1/t18-,19+/m0/s1. The van der Waals surface area contributed by atoms with Crippen molar-refractivity contribution in [3.63, 3.8) is 0 Å². The number of anilines is 1. The first-order valence-electron chi connectivity index (χ1n) is 10.6. The highest BCUT2D eigenvalue weighted by atomic mass is 32.2. The molecule has 6 nitrogen and oxygen atoms in total. The van der Waals surface area contributed by atoms with E-state index in [9.17, 15) is 13.2 Å². The summed E-state index contributed by atoms with van der Waals surface area (Å²) in [5, 5.41) is 3.10. The lowest BCUT2D eigenvalue weighted by atomic mass is 9.97. The van der Waals surface area contributed by atoms with Gasteiger partial charge < -0.3 is 10.2 Å². The minimum Gasteiger partial charge on any atom is -0.323 e. The molecule has 0 spiro atoms. The summed E-state index contributed by atoms with van der Waals surface area (Å²) < 4.78 is 27.1. The van der Waals surface area contributed by atoms with Crippen molar-refractivity contribution in [1.29, 1.82) is 0 Å². The predicted octanol–water partition coefficient (Wildman–Crippen LogP) is 2.12. The van der Waals surface area contributed by atoms with Crippen LogP contribution in [0.1, 0.15) is 38.7 Å². The highest BCUT2D eigenvalue weighted by molar-refractivity contribution is 7.89. The molecule has 2 aromatic carbocycles. The first-order chi connectivity index (χ1) is 14.3. The molecule has 0 aliphatic carbocycles. The van der Waals surface area contributed by atoms with E-state index in [0.29, 0.717) is 37.0 Å². The number of para-hydroxylation sites is 1. The van der Waals surface area contributed by atoms with Gasteiger partial charge in [-0.2, -0.15) is 4.31 Å². The van der Waals surface area contributed by atoms with Gasteiger partial charge >= 0.3 is 0 Å². The van der Waals surface area contributed by atoms with Crippen LogP contribution in [0.4, 0.5) is 5.69 Å². The molecule has 1 fully saturated rings. The number of amides is 1. The van der Waals surface area contributed by atoms with Gasteiger partial charge in [-0.15, -0.1) is 0 Å². The number of rotatable bonds is 7. The number of nitrogens with one attached hydrogen (secondary N) is 2. The van der Waals surface area contributed by atoms with Crippen molar-refractivity contribution in [1.82, 2.24) is 4.31 Å². The second-order valence-electron chi connectivity index (χ2n) is 7.98. The van der Waals surface area contributed by atoms with Crippen LogP contribution in [-0.2, 0) is 14.8 Å². The summed E-state index contributed by atoms with van der Waals surface area (Å²) in [6.45, 7) is 8.24. The lowest BCUT2D eigenvalue weighted by Gasteiger charge is -2.34. The average molecular weight is 431 g/mol. The fraction of sp³-hybridized carbons (Fsp3) is 0.435. The van der Waals surface area contributed by atoms with E-state index in [1.54, 1.807) is 30.3 Å². The summed E-state index contributed by atoms with van der Waals surface area (Å²) >= 11 is 0. The normalized spacial score (nSPS) is 18.0. The van der Waals surface area contributed by atoms with E-state index in [2.05, 4.69) is 25.2 Å². The number of carbonyl (C=O) groups is 1. The Morgan fingerprint density at radius 1 is 1.03 bits per heavy atom. The number of hydrogen-bond acceptors (Lipinski definition) is 3. The molecule has 1 aliphatic rings. The molecule has 162 valence electrons. The summed E-state index contributed by atoms with van der Waals surface area (Å²) in [5.74, 6) is 0.344. The van der Waals surface area contributed by atoms with Crippen LogP contribution in [0.25, 0.3) is 0 Å². The zero-order chi connectivity index (χ0) is 21.7. The zero-order valence-corrected chi connectivity index (χ0v) is 18.8. The maximum absolute atomic E-state index is 12.9. The van der Waals surface area contributed by atoms with Gasteiger partial charge in [-0.3, -0.25) is 4.79 Å². The molecule has 2 N–H and O–H groups in total. The van der Waals surface area contributed by atoms with Gasteiger partial charge in [-0.25, -0.2) is 8.42 Å². The Balaban J connectivity index is 1.62. The molecular weight excluding hydrogens is 398 g/mol. The quantitative estimate of drug-likeness (QED) is 0.707. The van der Waals surface area contributed by atoms with E-state index >= 15 is 0 Å². The maximum atomic E-state index is 12.9. The lowest BCUT2D eigenvalue weighted by molar-refractivity contribution is -0.917. The van der Waals surface area contributed by atoms with Gasteiger partial charge in [-0.1, -0.05) is 50.2 Å². The van der Waals surface area contributed by atoms with Gasteiger partial charge in [0, 0.05) is 5.69 Å². The Hall–Kier alpha value is -2.22. The third-order valence-corrected chi connectivity index (χ3v) is 8.03. The molecular formula is C23H32N3O3S+. The van der Waals surface area contributed by atoms with Gasteiger partial charge in [0.2, 0.25) is 10.0 Å². The molecule has 0 saturated carbocycles. The molecule has 0 aromatic heterocycles. The van der Waals surface area contributed by atoms with Crippen LogP contribution in [0.3, 0.4) is 0 Å². The minimum absolute atomic E-state index is 0.0277. The van der Waals surface area contributed by atoms with Crippen molar-refractivity contribution in [3.05, 3.63) is 60.2 Å². The Morgan fingerprint density at radius 2 is 1.63 bits per heavy atom. The summed E-state index contributed by atoms with van der Waals surface area (Å²) in [6, 6.07) is 16.2. The van der Waals surface area contributed by atoms with Gasteiger partial charge in [0.25, 0.3) is 5.91 Å². The van der Waals surface area contributed by atoms with Crippen LogP contribution in [-0.4, -0.2) is 50.9 Å². The third-order valence-electron chi connectivity index (χ3n) is 6.11. The topological polar surface area (TPSA) is 70.9 Å². The minimum atomic E-state index is -3.48. The molecule has 1 amide bonds. The predicted molar refractivity (Wildman–Crippen MR) is 119 cm³/mol. The zero-order valence-electron chi connectivity index (χ0n) is 18.0. The van der Waals surface area contributed by atoms with Crippen LogP contribution in [0, 0.1) is 0 Å². The molecule has 1 aliphatic heterocycles. The maximum Gasteiger partial charge on any atom is 0.282 e. The van der Waals surface area contributed by atoms with Crippen molar-refractivity contribution in [2.75, 3.05) is 31.5 Å². The molecule has 1 heterocycles. The Kier molecular flexibility index (Phi) is 7.28. The van der Waals surface area contributed by atoms with Gasteiger partial charge in [0.15, 0.2) is 6.04 Å². The molecule has 7 heteroatoms.